The van der Waals surface area contributed by atoms with E-state index in [1.165, 1.54) is 33.6 Å². The number of hydrazone groups is 1. The van der Waals surface area contributed by atoms with Gasteiger partial charge in [-0.15, -0.1) is 0 Å². The van der Waals surface area contributed by atoms with Crippen LogP contribution in [0.5, 0.6) is 23.0 Å². The van der Waals surface area contributed by atoms with Gasteiger partial charge in [0.1, 0.15) is 6.61 Å². The molecule has 0 aliphatic carbocycles. The fraction of sp³-hybridized carbons (Fsp3) is 0.185. The Morgan fingerprint density at radius 2 is 1.62 bits per heavy atom. The van der Waals surface area contributed by atoms with E-state index in [1.54, 1.807) is 42.5 Å². The van der Waals surface area contributed by atoms with Gasteiger partial charge in [0.15, 0.2) is 23.0 Å². The number of amides is 2. The molecule has 0 fully saturated rings. The van der Waals surface area contributed by atoms with Crippen LogP contribution >= 0.6 is 0 Å². The number of ether oxygens (including phenoxy) is 4. The number of hydrogen-bond acceptors (Lipinski definition) is 8. The van der Waals surface area contributed by atoms with Gasteiger partial charge in [0.25, 0.3) is 11.8 Å². The third-order valence-corrected chi connectivity index (χ3v) is 5.17. The van der Waals surface area contributed by atoms with Crippen molar-refractivity contribution < 1.29 is 28.5 Å². The summed E-state index contributed by atoms with van der Waals surface area (Å²) in [7, 11) is 4.48. The number of hydrogen-bond donors (Lipinski definition) is 2. The van der Waals surface area contributed by atoms with E-state index in [1.807, 2.05) is 12.1 Å². The molecule has 0 aliphatic heterocycles. The summed E-state index contributed by atoms with van der Waals surface area (Å²) in [5.74, 6) is 0.905. The average molecular weight is 503 g/mol. The first-order valence-corrected chi connectivity index (χ1v) is 11.1. The van der Waals surface area contributed by atoms with Crippen LogP contribution in [0.15, 0.2) is 65.8 Å². The summed E-state index contributed by atoms with van der Waals surface area (Å²) in [6, 6.07) is 19.2. The summed E-state index contributed by atoms with van der Waals surface area (Å²) < 4.78 is 21.6. The molecule has 0 heterocycles. The van der Waals surface area contributed by atoms with Gasteiger partial charge in [-0.2, -0.15) is 10.4 Å². The Kier molecular flexibility index (Phi) is 9.44. The zero-order valence-corrected chi connectivity index (χ0v) is 20.6. The maximum absolute atomic E-state index is 12.3. The lowest BCUT2D eigenvalue weighted by atomic mass is 10.1. The molecule has 3 aromatic rings. The second kappa shape index (κ2) is 13.2. The molecule has 3 aromatic carbocycles. The fourth-order valence-corrected chi connectivity index (χ4v) is 3.25. The first kappa shape index (κ1) is 26.6. The van der Waals surface area contributed by atoms with E-state index in [0.717, 1.165) is 5.56 Å². The first-order chi connectivity index (χ1) is 18.0. The molecule has 0 spiro atoms. The monoisotopic (exact) mass is 502 g/mol. The number of nitriles is 1. The van der Waals surface area contributed by atoms with Gasteiger partial charge in [-0.05, 0) is 48.0 Å². The number of rotatable bonds is 11. The van der Waals surface area contributed by atoms with Gasteiger partial charge < -0.3 is 24.3 Å². The predicted molar refractivity (Wildman–Crippen MR) is 136 cm³/mol. The van der Waals surface area contributed by atoms with E-state index >= 15 is 0 Å². The van der Waals surface area contributed by atoms with Crippen molar-refractivity contribution in [2.45, 2.75) is 6.61 Å². The van der Waals surface area contributed by atoms with E-state index < -0.39 is 11.8 Å². The Bertz CT molecular complexity index is 1330. The van der Waals surface area contributed by atoms with Crippen molar-refractivity contribution in [1.82, 2.24) is 10.7 Å². The van der Waals surface area contributed by atoms with Crippen LogP contribution in [0.4, 0.5) is 0 Å². The van der Waals surface area contributed by atoms with Crippen molar-refractivity contribution in [2.24, 2.45) is 5.10 Å². The third-order valence-electron chi connectivity index (χ3n) is 5.17. The standard InChI is InChI=1S/C27H26N4O6/c1-34-22-11-9-19(13-25(22)36-3)27(33)29-16-26(32)31-30-15-18-8-10-23(24(12-18)35-2)37-17-21-7-5-4-6-20(21)14-28/h4-13,15H,16-17H2,1-3H3,(H,29,33)(H,31,32). The Balaban J connectivity index is 1.53. The maximum Gasteiger partial charge on any atom is 0.259 e. The lowest BCUT2D eigenvalue weighted by molar-refractivity contribution is -0.120. The van der Waals surface area contributed by atoms with Crippen LogP contribution in [-0.4, -0.2) is 45.9 Å². The Hall–Kier alpha value is -5.04. The van der Waals surface area contributed by atoms with E-state index in [-0.39, 0.29) is 13.2 Å². The topological polar surface area (TPSA) is 131 Å². The summed E-state index contributed by atoms with van der Waals surface area (Å²) in [4.78, 5) is 24.4. The molecule has 2 N–H and O–H groups in total. The minimum absolute atomic E-state index is 0.207. The van der Waals surface area contributed by atoms with E-state index in [0.29, 0.717) is 39.7 Å². The zero-order chi connectivity index (χ0) is 26.6. The number of nitrogens with zero attached hydrogens (tertiary/aromatic N) is 2. The van der Waals surface area contributed by atoms with Crippen molar-refractivity contribution in [1.29, 1.82) is 5.26 Å². The van der Waals surface area contributed by atoms with Crippen LogP contribution in [-0.2, 0) is 11.4 Å². The molecule has 0 unspecified atom stereocenters. The summed E-state index contributed by atoms with van der Waals surface area (Å²) in [5, 5.41) is 15.7. The molecule has 0 aromatic heterocycles. The molecule has 10 heteroatoms. The summed E-state index contributed by atoms with van der Waals surface area (Å²) in [6.07, 6.45) is 1.44. The molecule has 0 saturated carbocycles. The highest BCUT2D eigenvalue weighted by Crippen LogP contribution is 2.29. The van der Waals surface area contributed by atoms with Crippen LogP contribution in [0.25, 0.3) is 0 Å². The van der Waals surface area contributed by atoms with Crippen LogP contribution < -0.4 is 29.7 Å². The number of carbonyl (C=O) groups excluding carboxylic acids is 2. The quantitative estimate of drug-likeness (QED) is 0.304. The molecule has 0 radical (unpaired) electrons. The molecule has 0 atom stereocenters. The highest BCUT2D eigenvalue weighted by Gasteiger charge is 2.12. The minimum Gasteiger partial charge on any atom is -0.493 e. The van der Waals surface area contributed by atoms with Crippen molar-refractivity contribution in [3.05, 3.63) is 82.9 Å². The second-order valence-corrected chi connectivity index (χ2v) is 7.51. The lowest BCUT2D eigenvalue weighted by Crippen LogP contribution is -2.34. The molecule has 2 amide bonds. The molecule has 190 valence electrons. The average Bonchev–Trinajstić information content (AvgIpc) is 2.94. The van der Waals surface area contributed by atoms with E-state index in [9.17, 15) is 14.9 Å². The predicted octanol–water partition coefficient (Wildman–Crippen LogP) is 3.04. The molecule has 0 bridgehead atoms. The van der Waals surface area contributed by atoms with Crippen LogP contribution in [0, 0.1) is 11.3 Å². The number of benzene rings is 3. The van der Waals surface area contributed by atoms with Gasteiger partial charge in [0, 0.05) is 11.1 Å². The summed E-state index contributed by atoms with van der Waals surface area (Å²) in [5.41, 5.74) is 4.63. The van der Waals surface area contributed by atoms with Gasteiger partial charge in [-0.25, -0.2) is 5.43 Å². The number of carbonyl (C=O) groups is 2. The first-order valence-electron chi connectivity index (χ1n) is 11.1. The third kappa shape index (κ3) is 7.22. The van der Waals surface area contributed by atoms with E-state index in [2.05, 4.69) is 21.9 Å². The smallest absolute Gasteiger partial charge is 0.259 e. The Morgan fingerprint density at radius 1 is 0.919 bits per heavy atom. The second-order valence-electron chi connectivity index (χ2n) is 7.51. The summed E-state index contributed by atoms with van der Waals surface area (Å²) in [6.45, 7) is -0.0661. The molecule has 10 nitrogen and oxygen atoms in total. The molecule has 0 saturated heterocycles. The summed E-state index contributed by atoms with van der Waals surface area (Å²) >= 11 is 0. The normalized spacial score (nSPS) is 10.3. The largest absolute Gasteiger partial charge is 0.493 e. The van der Waals surface area contributed by atoms with Crippen molar-refractivity contribution >= 4 is 18.0 Å². The van der Waals surface area contributed by atoms with Gasteiger partial charge in [-0.1, -0.05) is 18.2 Å². The van der Waals surface area contributed by atoms with Gasteiger partial charge in [0.05, 0.1) is 45.7 Å². The highest BCUT2D eigenvalue weighted by molar-refractivity contribution is 5.97. The van der Waals surface area contributed by atoms with E-state index in [4.69, 9.17) is 18.9 Å². The molecule has 0 aliphatic rings. The van der Waals surface area contributed by atoms with Gasteiger partial charge in [-0.3, -0.25) is 9.59 Å². The van der Waals surface area contributed by atoms with Gasteiger partial charge >= 0.3 is 0 Å². The molecular weight excluding hydrogens is 476 g/mol. The maximum atomic E-state index is 12.3. The minimum atomic E-state index is -0.506. The van der Waals surface area contributed by atoms with Crippen LogP contribution in [0.2, 0.25) is 0 Å². The van der Waals surface area contributed by atoms with Crippen molar-refractivity contribution in [3.8, 4) is 29.1 Å². The lowest BCUT2D eigenvalue weighted by Gasteiger charge is -2.12. The Labute approximate surface area is 214 Å². The SMILES string of the molecule is COc1ccc(C(=O)NCC(=O)NN=Cc2ccc(OCc3ccccc3C#N)c(OC)c2)cc1OC. The molecule has 3 rings (SSSR count). The Morgan fingerprint density at radius 3 is 2.35 bits per heavy atom. The fourth-order valence-electron chi connectivity index (χ4n) is 3.25. The highest BCUT2D eigenvalue weighted by atomic mass is 16.5. The number of methoxy groups -OCH3 is 3. The number of nitrogens with one attached hydrogen (secondary N) is 2. The van der Waals surface area contributed by atoms with Crippen molar-refractivity contribution in [2.75, 3.05) is 27.9 Å². The molecule has 37 heavy (non-hydrogen) atoms. The van der Waals surface area contributed by atoms with Crippen molar-refractivity contribution in [3.63, 3.8) is 0 Å². The zero-order valence-electron chi connectivity index (χ0n) is 20.6. The van der Waals surface area contributed by atoms with Gasteiger partial charge in [0.2, 0.25) is 0 Å². The molecular formula is C27H26N4O6. The van der Waals surface area contributed by atoms with Crippen LogP contribution in [0.3, 0.4) is 0 Å². The van der Waals surface area contributed by atoms with Crippen LogP contribution in [0.1, 0.15) is 27.0 Å².